The Morgan fingerprint density at radius 3 is 2.80 bits per heavy atom. The minimum Gasteiger partial charge on any atom is -0.396 e. The van der Waals surface area contributed by atoms with Gasteiger partial charge >= 0.3 is 0 Å². The predicted molar refractivity (Wildman–Crippen MR) is 74.4 cm³/mol. The summed E-state index contributed by atoms with van der Waals surface area (Å²) in [6.45, 7) is 0.191. The highest BCUT2D eigenvalue weighted by molar-refractivity contribution is 7.99. The topological polar surface area (TPSA) is 55.1 Å². The Morgan fingerprint density at radius 1 is 1.35 bits per heavy atom. The molecule has 0 spiro atoms. The van der Waals surface area contributed by atoms with E-state index in [0.717, 1.165) is 11.8 Å². The molecule has 4 nitrogen and oxygen atoms in total. The normalized spacial score (nSPS) is 11.4. The lowest BCUT2D eigenvalue weighted by Gasteiger charge is -2.12. The molecule has 0 aliphatic rings. The van der Waals surface area contributed by atoms with Crippen LogP contribution in [-0.2, 0) is 6.54 Å². The number of halogens is 2. The van der Waals surface area contributed by atoms with Crippen LogP contribution in [0, 0.1) is 0 Å². The van der Waals surface area contributed by atoms with Gasteiger partial charge in [0, 0.05) is 13.2 Å². The van der Waals surface area contributed by atoms with Crippen molar-refractivity contribution in [3.63, 3.8) is 0 Å². The van der Waals surface area contributed by atoms with E-state index in [1.807, 2.05) is 0 Å². The maximum atomic E-state index is 12.3. The molecule has 0 fully saturated rings. The Morgan fingerprint density at radius 2 is 2.10 bits per heavy atom. The van der Waals surface area contributed by atoms with Gasteiger partial charge in [-0.1, -0.05) is 23.9 Å². The summed E-state index contributed by atoms with van der Waals surface area (Å²) in [5, 5.41) is 9.60. The highest BCUT2D eigenvalue weighted by Gasteiger charge is 2.13. The molecule has 0 bridgehead atoms. The van der Waals surface area contributed by atoms with Gasteiger partial charge in [-0.25, -0.2) is 13.8 Å². The van der Waals surface area contributed by atoms with Gasteiger partial charge in [-0.05, 0) is 18.6 Å². The van der Waals surface area contributed by atoms with Crippen LogP contribution >= 0.6 is 11.8 Å². The van der Waals surface area contributed by atoms with Crippen LogP contribution in [0.2, 0.25) is 0 Å². The smallest absolute Gasteiger partial charge is 0.262 e. The molecule has 20 heavy (non-hydrogen) atoms. The number of fused-ring (bicyclic) bond motifs is 1. The Bertz CT molecular complexity index is 646. The number of hydrogen-bond donors (Lipinski definition) is 1. The van der Waals surface area contributed by atoms with Crippen LogP contribution in [0.3, 0.4) is 0 Å². The molecular weight excluding hydrogens is 286 g/mol. The zero-order chi connectivity index (χ0) is 14.5. The monoisotopic (exact) mass is 300 g/mol. The van der Waals surface area contributed by atoms with E-state index in [4.69, 9.17) is 5.11 Å². The minimum atomic E-state index is -2.46. The molecule has 0 unspecified atom stereocenters. The molecule has 7 heteroatoms. The molecule has 0 saturated carbocycles. The first-order valence-corrected chi connectivity index (χ1v) is 7.13. The third-order valence-corrected chi connectivity index (χ3v) is 3.69. The molecule has 2 aromatic rings. The number of hydrogen-bond acceptors (Lipinski definition) is 4. The quantitative estimate of drug-likeness (QED) is 0.656. The van der Waals surface area contributed by atoms with Crippen LogP contribution in [0.25, 0.3) is 10.9 Å². The Kier molecular flexibility index (Phi) is 5.08. The van der Waals surface area contributed by atoms with Crippen LogP contribution in [0.15, 0.2) is 34.2 Å². The molecule has 0 radical (unpaired) electrons. The van der Waals surface area contributed by atoms with Gasteiger partial charge in [0.15, 0.2) is 5.16 Å². The van der Waals surface area contributed by atoms with Crippen LogP contribution < -0.4 is 5.56 Å². The Labute approximate surface area is 118 Å². The molecular formula is C13H14F2N2O2S. The van der Waals surface area contributed by atoms with Crippen molar-refractivity contribution in [2.45, 2.75) is 24.5 Å². The van der Waals surface area contributed by atoms with E-state index >= 15 is 0 Å². The average molecular weight is 300 g/mol. The van der Waals surface area contributed by atoms with Crippen LogP contribution in [0.5, 0.6) is 0 Å². The first kappa shape index (κ1) is 14.9. The lowest BCUT2D eigenvalue weighted by molar-refractivity contribution is 0.176. The van der Waals surface area contributed by atoms with Crippen LogP contribution in [-0.4, -0.2) is 33.4 Å². The fourth-order valence-electron chi connectivity index (χ4n) is 1.82. The van der Waals surface area contributed by atoms with Crippen LogP contribution in [0.4, 0.5) is 8.78 Å². The molecule has 0 aliphatic heterocycles. The van der Waals surface area contributed by atoms with Crippen molar-refractivity contribution in [2.24, 2.45) is 0 Å². The molecule has 108 valence electrons. The second-order valence-corrected chi connectivity index (χ2v) is 5.13. The molecule has 1 heterocycles. The van der Waals surface area contributed by atoms with Gasteiger partial charge in [0.1, 0.15) is 0 Å². The first-order chi connectivity index (χ1) is 9.63. The zero-order valence-corrected chi connectivity index (χ0v) is 11.4. The van der Waals surface area contributed by atoms with Gasteiger partial charge in [0.25, 0.3) is 5.56 Å². The van der Waals surface area contributed by atoms with Gasteiger partial charge in [0.2, 0.25) is 6.43 Å². The summed E-state index contributed by atoms with van der Waals surface area (Å²) in [4.78, 5) is 16.6. The predicted octanol–water partition coefficient (Wildman–Crippen LogP) is 2.14. The number of thioether (sulfide) groups is 1. The highest BCUT2D eigenvalue weighted by atomic mass is 32.2. The second-order valence-electron chi connectivity index (χ2n) is 4.15. The van der Waals surface area contributed by atoms with Gasteiger partial charge in [-0.2, -0.15) is 0 Å². The third kappa shape index (κ3) is 3.34. The van der Waals surface area contributed by atoms with E-state index in [2.05, 4.69) is 4.98 Å². The molecule has 0 amide bonds. The Balaban J connectivity index is 2.48. The number of alkyl halides is 2. The SMILES string of the molecule is O=c1c2ccccc2nc(SCC(F)F)n1CCCO. The number of rotatable bonds is 6. The van der Waals surface area contributed by atoms with Crippen LogP contribution in [0.1, 0.15) is 6.42 Å². The summed E-state index contributed by atoms with van der Waals surface area (Å²) in [6, 6.07) is 6.81. The number of para-hydroxylation sites is 1. The summed E-state index contributed by atoms with van der Waals surface area (Å²) < 4.78 is 26.0. The van der Waals surface area contributed by atoms with E-state index in [1.165, 1.54) is 4.57 Å². The van der Waals surface area contributed by atoms with Crippen molar-refractivity contribution in [3.8, 4) is 0 Å². The Hall–Kier alpha value is -1.47. The number of benzene rings is 1. The molecule has 0 atom stereocenters. The number of nitrogens with zero attached hydrogens (tertiary/aromatic N) is 2. The van der Waals surface area contributed by atoms with E-state index in [-0.39, 0.29) is 23.9 Å². The average Bonchev–Trinajstić information content (AvgIpc) is 2.44. The summed E-state index contributed by atoms with van der Waals surface area (Å²) in [6.07, 6.45) is -2.09. The molecule has 0 aliphatic carbocycles. The van der Waals surface area contributed by atoms with Gasteiger partial charge < -0.3 is 5.11 Å². The highest BCUT2D eigenvalue weighted by Crippen LogP contribution is 2.20. The van der Waals surface area contributed by atoms with Gasteiger partial charge in [-0.3, -0.25) is 9.36 Å². The fourth-order valence-corrected chi connectivity index (χ4v) is 2.59. The zero-order valence-electron chi connectivity index (χ0n) is 10.6. The van der Waals surface area contributed by atoms with Gasteiger partial charge in [-0.15, -0.1) is 0 Å². The van der Waals surface area contributed by atoms with E-state index in [0.29, 0.717) is 17.3 Å². The largest absolute Gasteiger partial charge is 0.396 e. The molecule has 2 rings (SSSR count). The lowest BCUT2D eigenvalue weighted by Crippen LogP contribution is -2.24. The second kappa shape index (κ2) is 6.81. The van der Waals surface area contributed by atoms with E-state index < -0.39 is 12.2 Å². The molecule has 1 N–H and O–H groups in total. The van der Waals surface area contributed by atoms with E-state index in [1.54, 1.807) is 24.3 Å². The standard InChI is InChI=1S/C13H14F2N2O2S/c14-11(15)8-20-13-16-10-5-2-1-4-9(10)12(19)17(13)6-3-7-18/h1-2,4-5,11,18H,3,6-8H2. The fraction of sp³-hybridized carbons (Fsp3) is 0.385. The van der Waals surface area contributed by atoms with E-state index in [9.17, 15) is 13.6 Å². The maximum Gasteiger partial charge on any atom is 0.262 e. The first-order valence-electron chi connectivity index (χ1n) is 6.15. The van der Waals surface area contributed by atoms with Crippen molar-refractivity contribution < 1.29 is 13.9 Å². The number of aromatic nitrogens is 2. The minimum absolute atomic E-state index is 0.0712. The third-order valence-electron chi connectivity index (χ3n) is 2.70. The van der Waals surface area contributed by atoms with Crippen molar-refractivity contribution in [1.29, 1.82) is 0 Å². The molecule has 1 aromatic carbocycles. The summed E-state index contributed by atoms with van der Waals surface area (Å²) in [7, 11) is 0. The van der Waals surface area contributed by atoms with Crippen molar-refractivity contribution >= 4 is 22.7 Å². The lowest BCUT2D eigenvalue weighted by atomic mass is 10.2. The maximum absolute atomic E-state index is 12.3. The summed E-state index contributed by atoms with van der Waals surface area (Å²) in [5.41, 5.74) is 0.232. The summed E-state index contributed by atoms with van der Waals surface area (Å²) in [5.74, 6) is -0.413. The molecule has 0 saturated heterocycles. The number of aliphatic hydroxyl groups excluding tert-OH is 1. The van der Waals surface area contributed by atoms with Crippen molar-refractivity contribution in [1.82, 2.24) is 9.55 Å². The molecule has 1 aromatic heterocycles. The van der Waals surface area contributed by atoms with Gasteiger partial charge in [0.05, 0.1) is 16.7 Å². The number of aliphatic hydroxyl groups is 1. The van der Waals surface area contributed by atoms with Crippen molar-refractivity contribution in [3.05, 3.63) is 34.6 Å². The van der Waals surface area contributed by atoms with Crippen molar-refractivity contribution in [2.75, 3.05) is 12.4 Å². The summed E-state index contributed by atoms with van der Waals surface area (Å²) >= 11 is 0.855.